The van der Waals surface area contributed by atoms with E-state index in [9.17, 15) is 30.4 Å². The molecule has 136 valence electrons. The number of benzene rings is 2. The van der Waals surface area contributed by atoms with Gasteiger partial charge in [-0.3, -0.25) is 25.7 Å². The minimum atomic E-state index is -0.704. The van der Waals surface area contributed by atoms with Gasteiger partial charge in [-0.05, 0) is 12.1 Å². The van der Waals surface area contributed by atoms with E-state index < -0.39 is 21.4 Å². The third kappa shape index (κ3) is 4.70. The molecule has 0 saturated carbocycles. The molecule has 2 rings (SSSR count). The smallest absolute Gasteiger partial charge is 0.271 e. The molecular weight excluding hydrogens is 362 g/mol. The number of nitriles is 1. The molecule has 0 heterocycles. The van der Waals surface area contributed by atoms with Crippen molar-refractivity contribution in [3.63, 3.8) is 0 Å². The molecular formula is C14H9N7O6. The second kappa shape index (κ2) is 7.98. The second-order valence-electron chi connectivity index (χ2n) is 4.75. The Hall–Kier alpha value is -4.60. The zero-order valence-electron chi connectivity index (χ0n) is 13.2. The number of hydrogen-bond acceptors (Lipinski definition) is 10. The maximum atomic E-state index is 10.7. The zero-order valence-corrected chi connectivity index (χ0v) is 13.2. The van der Waals surface area contributed by atoms with Gasteiger partial charge >= 0.3 is 0 Å². The molecule has 0 atom stereocenters. The summed E-state index contributed by atoms with van der Waals surface area (Å²) in [6.07, 6.45) is 0. The summed E-state index contributed by atoms with van der Waals surface area (Å²) in [6.45, 7) is 0. The molecule has 0 aromatic heterocycles. The lowest BCUT2D eigenvalue weighted by Crippen LogP contribution is -1.97. The van der Waals surface area contributed by atoms with Gasteiger partial charge in [-0.1, -0.05) is 0 Å². The molecule has 0 radical (unpaired) electrons. The van der Waals surface area contributed by atoms with Crippen LogP contribution in [-0.2, 0) is 0 Å². The number of hydrazone groups is 1. The molecule has 0 fully saturated rings. The van der Waals surface area contributed by atoms with Crippen molar-refractivity contribution in [2.75, 3.05) is 5.43 Å². The standard InChI is InChI=1S/C14H9N7O6/c15-7-14(18-16-10-5-8(20(24)25)1-3-12(10)22)19-17-11-6-9(21(26)27)2-4-13(11)23/h1-6,16,22-23H/b18-14+,19-17+. The van der Waals surface area contributed by atoms with Crippen LogP contribution in [0.4, 0.5) is 22.7 Å². The van der Waals surface area contributed by atoms with Crippen molar-refractivity contribution in [1.82, 2.24) is 0 Å². The summed E-state index contributed by atoms with van der Waals surface area (Å²) in [7, 11) is 0. The number of aromatic hydroxyl groups is 2. The van der Waals surface area contributed by atoms with Gasteiger partial charge in [0.1, 0.15) is 28.9 Å². The molecule has 0 saturated heterocycles. The fourth-order valence-electron chi connectivity index (χ4n) is 1.72. The first-order valence-electron chi connectivity index (χ1n) is 6.92. The number of nitro groups is 2. The monoisotopic (exact) mass is 371 g/mol. The van der Waals surface area contributed by atoms with Crippen LogP contribution in [0.25, 0.3) is 0 Å². The maximum Gasteiger partial charge on any atom is 0.271 e. The molecule has 0 bridgehead atoms. The maximum absolute atomic E-state index is 10.7. The van der Waals surface area contributed by atoms with Gasteiger partial charge in [0.15, 0.2) is 0 Å². The Morgan fingerprint density at radius 2 is 1.63 bits per heavy atom. The number of anilines is 1. The lowest BCUT2D eigenvalue weighted by atomic mass is 10.2. The lowest BCUT2D eigenvalue weighted by Gasteiger charge is -2.02. The molecule has 0 aliphatic rings. The Balaban J connectivity index is 2.26. The van der Waals surface area contributed by atoms with Crippen molar-refractivity contribution in [2.45, 2.75) is 0 Å². The number of nitrogens with zero attached hydrogens (tertiary/aromatic N) is 6. The molecule has 0 amide bonds. The van der Waals surface area contributed by atoms with Crippen LogP contribution >= 0.6 is 0 Å². The SMILES string of the molecule is N#CC(/N=N/c1cc([N+](=O)[O-])ccc1O)=N\Nc1cc([N+](=O)[O-])ccc1O. The first-order valence-corrected chi connectivity index (χ1v) is 6.92. The predicted octanol–water partition coefficient (Wildman–Crippen LogP) is 2.95. The summed E-state index contributed by atoms with van der Waals surface area (Å²) in [4.78, 5) is 20.1. The van der Waals surface area contributed by atoms with Crippen LogP contribution in [-0.4, -0.2) is 25.9 Å². The number of non-ortho nitro benzene ring substituents is 2. The first-order chi connectivity index (χ1) is 12.8. The van der Waals surface area contributed by atoms with Gasteiger partial charge in [-0.25, -0.2) is 0 Å². The van der Waals surface area contributed by atoms with Crippen molar-refractivity contribution in [1.29, 1.82) is 5.26 Å². The number of amidine groups is 1. The highest BCUT2D eigenvalue weighted by atomic mass is 16.6. The number of nitro benzene ring substituents is 2. The summed E-state index contributed by atoms with van der Waals surface area (Å²) in [5.74, 6) is -1.35. The van der Waals surface area contributed by atoms with Crippen LogP contribution < -0.4 is 5.43 Å². The van der Waals surface area contributed by atoms with Gasteiger partial charge in [0, 0.05) is 24.3 Å². The van der Waals surface area contributed by atoms with E-state index >= 15 is 0 Å². The van der Waals surface area contributed by atoms with Crippen molar-refractivity contribution < 1.29 is 20.1 Å². The largest absolute Gasteiger partial charge is 0.506 e. The quantitative estimate of drug-likeness (QED) is 0.178. The average molecular weight is 371 g/mol. The van der Waals surface area contributed by atoms with Crippen molar-refractivity contribution >= 4 is 28.6 Å². The van der Waals surface area contributed by atoms with E-state index in [0.717, 1.165) is 36.4 Å². The molecule has 0 spiro atoms. The fraction of sp³-hybridized carbons (Fsp3) is 0. The number of azo groups is 1. The van der Waals surface area contributed by atoms with E-state index in [0.29, 0.717) is 0 Å². The fourth-order valence-corrected chi connectivity index (χ4v) is 1.72. The van der Waals surface area contributed by atoms with Crippen LogP contribution in [0, 0.1) is 31.6 Å². The van der Waals surface area contributed by atoms with E-state index in [1.165, 1.54) is 0 Å². The van der Waals surface area contributed by atoms with Crippen molar-refractivity contribution in [2.24, 2.45) is 15.3 Å². The lowest BCUT2D eigenvalue weighted by molar-refractivity contribution is -0.385. The van der Waals surface area contributed by atoms with Crippen LogP contribution in [0.5, 0.6) is 11.5 Å². The number of rotatable bonds is 5. The number of phenolic OH excluding ortho intramolecular Hbond substituents is 2. The molecule has 13 heteroatoms. The Bertz CT molecular complexity index is 1010. The molecule has 0 unspecified atom stereocenters. The van der Waals surface area contributed by atoms with Crippen LogP contribution in [0.3, 0.4) is 0 Å². The summed E-state index contributed by atoms with van der Waals surface area (Å²) >= 11 is 0. The van der Waals surface area contributed by atoms with Gasteiger partial charge in [0.05, 0.1) is 9.85 Å². The third-order valence-electron chi connectivity index (χ3n) is 3.00. The van der Waals surface area contributed by atoms with Crippen LogP contribution in [0.2, 0.25) is 0 Å². The minimum absolute atomic E-state index is 0.162. The Kier molecular flexibility index (Phi) is 5.54. The van der Waals surface area contributed by atoms with E-state index in [2.05, 4.69) is 20.8 Å². The highest BCUT2D eigenvalue weighted by Gasteiger charge is 2.11. The molecule has 0 aliphatic carbocycles. The number of nitrogens with one attached hydrogen (secondary N) is 1. The van der Waals surface area contributed by atoms with Gasteiger partial charge in [-0.2, -0.15) is 5.26 Å². The minimum Gasteiger partial charge on any atom is -0.506 e. The number of hydrogen-bond donors (Lipinski definition) is 3. The Morgan fingerprint density at radius 1 is 1.04 bits per heavy atom. The van der Waals surface area contributed by atoms with E-state index in [4.69, 9.17) is 5.26 Å². The molecule has 2 aromatic carbocycles. The van der Waals surface area contributed by atoms with E-state index in [1.807, 2.05) is 0 Å². The zero-order chi connectivity index (χ0) is 20.0. The van der Waals surface area contributed by atoms with E-state index in [-0.39, 0.29) is 28.5 Å². The molecule has 2 aromatic rings. The molecule has 0 aliphatic heterocycles. The Morgan fingerprint density at radius 3 is 2.22 bits per heavy atom. The predicted molar refractivity (Wildman–Crippen MR) is 90.7 cm³/mol. The van der Waals surface area contributed by atoms with Gasteiger partial charge in [-0.15, -0.1) is 15.3 Å². The van der Waals surface area contributed by atoms with Gasteiger partial charge < -0.3 is 10.2 Å². The summed E-state index contributed by atoms with van der Waals surface area (Å²) in [6, 6.07) is 7.70. The topological polar surface area (TPSA) is 200 Å². The Labute approximate surface area is 149 Å². The van der Waals surface area contributed by atoms with Crippen LogP contribution in [0.1, 0.15) is 0 Å². The highest BCUT2D eigenvalue weighted by molar-refractivity contribution is 5.97. The average Bonchev–Trinajstić information content (AvgIpc) is 2.63. The molecule has 3 N–H and O–H groups in total. The summed E-state index contributed by atoms with van der Waals surface area (Å²) in [5.41, 5.74) is 1.11. The normalized spacial score (nSPS) is 11.1. The third-order valence-corrected chi connectivity index (χ3v) is 3.00. The van der Waals surface area contributed by atoms with Crippen molar-refractivity contribution in [3.05, 3.63) is 56.6 Å². The highest BCUT2D eigenvalue weighted by Crippen LogP contribution is 2.31. The summed E-state index contributed by atoms with van der Waals surface area (Å²) < 4.78 is 0. The van der Waals surface area contributed by atoms with Crippen LogP contribution in [0.15, 0.2) is 51.7 Å². The van der Waals surface area contributed by atoms with E-state index in [1.54, 1.807) is 6.07 Å². The van der Waals surface area contributed by atoms with Crippen molar-refractivity contribution in [3.8, 4) is 17.6 Å². The van der Waals surface area contributed by atoms with Gasteiger partial charge in [0.25, 0.3) is 17.2 Å². The second-order valence-corrected chi connectivity index (χ2v) is 4.75. The first kappa shape index (κ1) is 18.7. The molecule has 27 heavy (non-hydrogen) atoms. The summed E-state index contributed by atoms with van der Waals surface area (Å²) in [5, 5.41) is 60.2. The molecule has 13 nitrogen and oxygen atoms in total. The number of phenols is 2. The van der Waals surface area contributed by atoms with Gasteiger partial charge in [0.2, 0.25) is 0 Å².